The van der Waals surface area contributed by atoms with E-state index in [2.05, 4.69) is 123 Å². The fraction of sp³-hybridized carbons (Fsp3) is 0.635. The summed E-state index contributed by atoms with van der Waals surface area (Å²) < 4.78 is 35.0. The lowest BCUT2D eigenvalue weighted by molar-refractivity contribution is -0.870. The van der Waals surface area contributed by atoms with E-state index in [1.54, 1.807) is 0 Å². The Kier molecular flexibility index (Phi) is 41.8. The van der Waals surface area contributed by atoms with Gasteiger partial charge in [0.1, 0.15) is 19.3 Å². The maximum Gasteiger partial charge on any atom is 0.472 e. The Labute approximate surface area is 374 Å². The zero-order valence-corrected chi connectivity index (χ0v) is 40.2. The van der Waals surface area contributed by atoms with Gasteiger partial charge in [0, 0.05) is 13.0 Å². The Bertz CT molecular complexity index is 1340. The molecular weight excluding hydrogens is 782 g/mol. The lowest BCUT2D eigenvalue weighted by Gasteiger charge is -2.24. The molecule has 0 bridgehead atoms. The van der Waals surface area contributed by atoms with Crippen LogP contribution in [-0.2, 0) is 27.9 Å². The number of hydrogen-bond acceptors (Lipinski definition) is 6. The molecule has 348 valence electrons. The zero-order valence-electron chi connectivity index (χ0n) is 39.4. The Hall–Kier alpha value is -2.84. The number of likely N-dealkylation sites (N-methyl/N-ethyl adjacent to an activating group) is 1. The van der Waals surface area contributed by atoms with E-state index in [9.17, 15) is 14.3 Å². The van der Waals surface area contributed by atoms with Gasteiger partial charge in [-0.05, 0) is 96.3 Å². The van der Waals surface area contributed by atoms with Gasteiger partial charge in [0.15, 0.2) is 0 Å². The Morgan fingerprint density at radius 3 is 1.43 bits per heavy atom. The lowest BCUT2D eigenvalue weighted by Crippen LogP contribution is -2.37. The van der Waals surface area contributed by atoms with Gasteiger partial charge in [-0.25, -0.2) is 4.57 Å². The number of unbranched alkanes of at least 4 members (excludes halogenated alkanes) is 10. The number of hydrogen-bond donors (Lipinski definition) is 1. The molecule has 0 aliphatic carbocycles. The van der Waals surface area contributed by atoms with Crippen molar-refractivity contribution >= 4 is 13.8 Å². The molecule has 2 atom stereocenters. The minimum Gasteiger partial charge on any atom is -0.457 e. The summed E-state index contributed by atoms with van der Waals surface area (Å²) in [5.74, 6) is -0.355. The summed E-state index contributed by atoms with van der Waals surface area (Å²) >= 11 is 0. The number of nitrogens with zero attached hydrogens (tertiary/aromatic N) is 1. The van der Waals surface area contributed by atoms with Gasteiger partial charge in [-0.2, -0.15) is 0 Å². The van der Waals surface area contributed by atoms with Crippen LogP contribution in [0.3, 0.4) is 0 Å². The summed E-state index contributed by atoms with van der Waals surface area (Å²) in [4.78, 5) is 22.9. The number of carbonyl (C=O) groups excluding carboxylic acids is 1. The van der Waals surface area contributed by atoms with Gasteiger partial charge >= 0.3 is 13.8 Å². The first-order valence-electron chi connectivity index (χ1n) is 23.6. The Morgan fingerprint density at radius 1 is 0.525 bits per heavy atom. The summed E-state index contributed by atoms with van der Waals surface area (Å²) in [6.45, 7) is 5.34. The fourth-order valence-electron chi connectivity index (χ4n) is 5.69. The third kappa shape index (κ3) is 48.1. The number of allylic oxidation sites excluding steroid dienone is 18. The molecule has 61 heavy (non-hydrogen) atoms. The zero-order chi connectivity index (χ0) is 44.8. The fourth-order valence-corrected chi connectivity index (χ4v) is 6.43. The second kappa shape index (κ2) is 43.8. The second-order valence-electron chi connectivity index (χ2n) is 16.4. The van der Waals surface area contributed by atoms with E-state index in [0.717, 1.165) is 103 Å². The number of phosphoric acid groups is 1. The molecule has 0 heterocycles. The first kappa shape index (κ1) is 58.2. The molecule has 0 radical (unpaired) electrons. The van der Waals surface area contributed by atoms with Gasteiger partial charge in [0.2, 0.25) is 0 Å². The van der Waals surface area contributed by atoms with E-state index in [-0.39, 0.29) is 32.2 Å². The van der Waals surface area contributed by atoms with Gasteiger partial charge < -0.3 is 18.9 Å². The predicted octanol–water partition coefficient (Wildman–Crippen LogP) is 14.4. The van der Waals surface area contributed by atoms with Gasteiger partial charge in [-0.15, -0.1) is 0 Å². The third-order valence-electron chi connectivity index (χ3n) is 9.30. The van der Waals surface area contributed by atoms with Crippen molar-refractivity contribution in [1.82, 2.24) is 0 Å². The van der Waals surface area contributed by atoms with Crippen molar-refractivity contribution in [2.45, 2.75) is 161 Å². The van der Waals surface area contributed by atoms with E-state index >= 15 is 0 Å². The van der Waals surface area contributed by atoms with Crippen molar-refractivity contribution in [3.63, 3.8) is 0 Å². The van der Waals surface area contributed by atoms with Gasteiger partial charge in [0.05, 0.1) is 34.4 Å². The van der Waals surface area contributed by atoms with E-state index in [4.69, 9.17) is 18.5 Å². The second-order valence-corrected chi connectivity index (χ2v) is 17.9. The molecule has 8 nitrogen and oxygen atoms in total. The molecular formula is C52H89NO7P+. The Morgan fingerprint density at radius 2 is 0.951 bits per heavy atom. The lowest BCUT2D eigenvalue weighted by atomic mass is 10.1. The highest BCUT2D eigenvalue weighted by molar-refractivity contribution is 7.47. The standard InChI is InChI=1S/C52H88NO7P/c1-6-8-10-12-14-16-18-20-22-23-24-25-26-27-28-29-30-31-32-33-35-37-39-41-43-45-52(54)60-51(50-59-61(55,56)58-48-46-53(3,4)5)49-57-47-44-42-40-38-36-34-21-19-17-15-13-11-9-7-2/h8,10-11,13-14,16-17,19-20,22,24-25,27-28,30-31,33,35,51H,6-7,9,12,15,18,21,23,26,29,32,34,36-50H2,1-5H3/p+1/b10-8-,13-11-,16-14-,19-17-,22-20-,25-24-,28-27-,31-30-,35-33-. The van der Waals surface area contributed by atoms with Crippen molar-refractivity contribution < 1.29 is 37.3 Å². The van der Waals surface area contributed by atoms with Crippen LogP contribution >= 0.6 is 7.82 Å². The quantitative estimate of drug-likeness (QED) is 0.0215. The van der Waals surface area contributed by atoms with E-state index < -0.39 is 13.9 Å². The first-order valence-corrected chi connectivity index (χ1v) is 25.1. The van der Waals surface area contributed by atoms with Gasteiger partial charge in [-0.1, -0.05) is 162 Å². The highest BCUT2D eigenvalue weighted by Crippen LogP contribution is 2.43. The number of carbonyl (C=O) groups is 1. The van der Waals surface area contributed by atoms with Crippen LogP contribution in [0.2, 0.25) is 0 Å². The average molecular weight is 871 g/mol. The van der Waals surface area contributed by atoms with Crippen LogP contribution in [0.4, 0.5) is 0 Å². The van der Waals surface area contributed by atoms with Crippen LogP contribution in [0.15, 0.2) is 109 Å². The Balaban J connectivity index is 4.30. The van der Waals surface area contributed by atoms with Crippen LogP contribution in [0, 0.1) is 0 Å². The highest BCUT2D eigenvalue weighted by atomic mass is 31.2. The number of quaternary nitrogens is 1. The number of ether oxygens (including phenoxy) is 2. The molecule has 0 amide bonds. The summed E-state index contributed by atoms with van der Waals surface area (Å²) in [5, 5.41) is 0. The molecule has 1 N–H and O–H groups in total. The summed E-state index contributed by atoms with van der Waals surface area (Å²) in [6, 6.07) is 0. The predicted molar refractivity (Wildman–Crippen MR) is 261 cm³/mol. The number of esters is 1. The largest absolute Gasteiger partial charge is 0.472 e. The monoisotopic (exact) mass is 871 g/mol. The van der Waals surface area contributed by atoms with Crippen LogP contribution in [0.1, 0.15) is 155 Å². The molecule has 0 aliphatic heterocycles. The maximum atomic E-state index is 12.7. The smallest absolute Gasteiger partial charge is 0.457 e. The maximum absolute atomic E-state index is 12.7. The third-order valence-corrected chi connectivity index (χ3v) is 10.3. The molecule has 0 saturated heterocycles. The molecule has 9 heteroatoms. The van der Waals surface area contributed by atoms with E-state index in [1.807, 2.05) is 21.1 Å². The van der Waals surface area contributed by atoms with Crippen LogP contribution in [0.25, 0.3) is 0 Å². The first-order chi connectivity index (χ1) is 29.6. The normalized spacial score (nSPS) is 14.7. The molecule has 0 fully saturated rings. The molecule has 0 aromatic rings. The summed E-state index contributed by atoms with van der Waals surface area (Å²) in [7, 11) is 1.62. The topological polar surface area (TPSA) is 91.3 Å². The van der Waals surface area contributed by atoms with Crippen molar-refractivity contribution in [3.8, 4) is 0 Å². The number of rotatable bonds is 42. The average Bonchev–Trinajstić information content (AvgIpc) is 3.22. The van der Waals surface area contributed by atoms with Crippen molar-refractivity contribution in [2.24, 2.45) is 0 Å². The molecule has 0 spiro atoms. The molecule has 0 aliphatic rings. The van der Waals surface area contributed by atoms with Crippen LogP contribution < -0.4 is 0 Å². The van der Waals surface area contributed by atoms with Crippen molar-refractivity contribution in [1.29, 1.82) is 0 Å². The molecule has 0 saturated carbocycles. The highest BCUT2D eigenvalue weighted by Gasteiger charge is 2.26. The molecule has 2 unspecified atom stereocenters. The number of phosphoric ester groups is 1. The van der Waals surface area contributed by atoms with E-state index in [0.29, 0.717) is 24.1 Å². The summed E-state index contributed by atoms with van der Waals surface area (Å²) in [6.07, 6.45) is 61.3. The molecule has 0 aromatic carbocycles. The van der Waals surface area contributed by atoms with Gasteiger partial charge in [0.25, 0.3) is 0 Å². The van der Waals surface area contributed by atoms with Crippen molar-refractivity contribution in [2.75, 3.05) is 54.1 Å². The minimum atomic E-state index is -4.30. The van der Waals surface area contributed by atoms with Crippen LogP contribution in [0.5, 0.6) is 0 Å². The van der Waals surface area contributed by atoms with E-state index in [1.165, 1.54) is 25.7 Å². The van der Waals surface area contributed by atoms with Crippen molar-refractivity contribution in [3.05, 3.63) is 109 Å². The minimum absolute atomic E-state index is 0.0728. The molecule has 0 rings (SSSR count). The SMILES string of the molecule is CC/C=C\C/C=C\C/C=C\C/C=C\C/C=C\C/C=C\C/C=C\CCCCCC(=O)OC(COCCCCCCCC/C=C\C/C=C\CCC)COP(=O)(O)OCC[N+](C)(C)C. The molecule has 0 aromatic heterocycles. The summed E-state index contributed by atoms with van der Waals surface area (Å²) in [5.41, 5.74) is 0. The van der Waals surface area contributed by atoms with Crippen LogP contribution in [-0.4, -0.2) is 75.6 Å². The van der Waals surface area contributed by atoms with Gasteiger partial charge in [-0.3, -0.25) is 13.8 Å².